The van der Waals surface area contributed by atoms with Crippen molar-refractivity contribution < 1.29 is 13.7 Å². The molecule has 1 aliphatic rings. The van der Waals surface area contributed by atoms with Gasteiger partial charge in [0.2, 0.25) is 0 Å². The first-order valence-electron chi connectivity index (χ1n) is 15.8. The Morgan fingerprint density at radius 2 is 1.15 bits per heavy atom. The Labute approximate surface area is 276 Å². The van der Waals surface area contributed by atoms with E-state index in [1.807, 2.05) is 60.7 Å². The van der Waals surface area contributed by atoms with Crippen molar-refractivity contribution in [1.82, 2.24) is 15.0 Å². The Hall–Kier alpha value is -4.89. The SMILES string of the molecule is CC1(C)OB(c2ccc3sc4cc(-c5nc(-c6ccccc6)nc(-c6ccc7oc8ccccc8c7c6)n5)ccc4c3c2)OC1(C)C. The number of fused-ring (bicyclic) bond motifs is 6. The summed E-state index contributed by atoms with van der Waals surface area (Å²) in [6.07, 6.45) is 0. The second kappa shape index (κ2) is 10.3. The zero-order chi connectivity index (χ0) is 31.9. The minimum atomic E-state index is -0.405. The van der Waals surface area contributed by atoms with Crippen LogP contribution >= 0.6 is 11.3 Å². The molecule has 0 spiro atoms. The number of benzene rings is 5. The van der Waals surface area contributed by atoms with E-state index in [-0.39, 0.29) is 0 Å². The highest BCUT2D eigenvalue weighted by molar-refractivity contribution is 7.25. The van der Waals surface area contributed by atoms with Crippen molar-refractivity contribution >= 4 is 66.0 Å². The summed E-state index contributed by atoms with van der Waals surface area (Å²) in [6, 6.07) is 37.3. The molecule has 5 aromatic carbocycles. The molecule has 0 amide bonds. The summed E-state index contributed by atoms with van der Waals surface area (Å²) in [6.45, 7) is 8.34. The molecule has 0 radical (unpaired) electrons. The average molecular weight is 632 g/mol. The number of para-hydroxylation sites is 1. The summed E-state index contributed by atoms with van der Waals surface area (Å²) in [5.74, 6) is 1.87. The van der Waals surface area contributed by atoms with Gasteiger partial charge in [0.05, 0.1) is 11.2 Å². The van der Waals surface area contributed by atoms with Crippen LogP contribution < -0.4 is 5.46 Å². The molecule has 0 atom stereocenters. The first kappa shape index (κ1) is 28.3. The maximum atomic E-state index is 6.35. The molecule has 228 valence electrons. The number of rotatable bonds is 4. The molecule has 0 bridgehead atoms. The Morgan fingerprint density at radius 1 is 0.511 bits per heavy atom. The monoisotopic (exact) mass is 631 g/mol. The van der Waals surface area contributed by atoms with Crippen molar-refractivity contribution in [2.75, 3.05) is 0 Å². The third-order valence-corrected chi connectivity index (χ3v) is 10.7. The molecule has 0 N–H and O–H groups in total. The van der Waals surface area contributed by atoms with Crippen LogP contribution in [0.1, 0.15) is 27.7 Å². The van der Waals surface area contributed by atoms with Crippen molar-refractivity contribution in [3.05, 3.63) is 109 Å². The van der Waals surface area contributed by atoms with E-state index in [1.54, 1.807) is 11.3 Å². The smallest absolute Gasteiger partial charge is 0.456 e. The first-order valence-corrected chi connectivity index (χ1v) is 16.6. The van der Waals surface area contributed by atoms with Gasteiger partial charge in [-0.05, 0) is 74.9 Å². The van der Waals surface area contributed by atoms with Gasteiger partial charge in [0.1, 0.15) is 11.2 Å². The predicted molar refractivity (Wildman–Crippen MR) is 192 cm³/mol. The quantitative estimate of drug-likeness (QED) is 0.180. The lowest BCUT2D eigenvalue weighted by atomic mass is 9.78. The van der Waals surface area contributed by atoms with E-state index in [0.29, 0.717) is 17.5 Å². The molecule has 4 heterocycles. The Balaban J connectivity index is 1.15. The van der Waals surface area contributed by atoms with Crippen LogP contribution in [0.5, 0.6) is 0 Å². The molecule has 0 aliphatic carbocycles. The highest BCUT2D eigenvalue weighted by Gasteiger charge is 2.51. The maximum Gasteiger partial charge on any atom is 0.494 e. The lowest BCUT2D eigenvalue weighted by Crippen LogP contribution is -2.41. The van der Waals surface area contributed by atoms with Gasteiger partial charge in [-0.15, -0.1) is 11.3 Å². The summed E-state index contributed by atoms with van der Waals surface area (Å²) < 4.78 is 21.2. The van der Waals surface area contributed by atoms with Gasteiger partial charge in [0.25, 0.3) is 0 Å². The van der Waals surface area contributed by atoms with Gasteiger partial charge in [-0.25, -0.2) is 15.0 Å². The Morgan fingerprint density at radius 3 is 1.91 bits per heavy atom. The molecule has 3 aromatic heterocycles. The molecule has 47 heavy (non-hydrogen) atoms. The summed E-state index contributed by atoms with van der Waals surface area (Å²) in [4.78, 5) is 15.0. The fourth-order valence-corrected chi connectivity index (χ4v) is 7.40. The van der Waals surface area contributed by atoms with Crippen LogP contribution in [0.3, 0.4) is 0 Å². The van der Waals surface area contributed by atoms with Crippen molar-refractivity contribution in [2.45, 2.75) is 38.9 Å². The highest BCUT2D eigenvalue weighted by Crippen LogP contribution is 2.39. The summed E-state index contributed by atoms with van der Waals surface area (Å²) in [7, 11) is -0.405. The second-order valence-electron chi connectivity index (χ2n) is 13.1. The average Bonchev–Trinajstić information content (AvgIpc) is 3.71. The number of aromatic nitrogens is 3. The van der Waals surface area contributed by atoms with Gasteiger partial charge in [0, 0.05) is 42.2 Å². The third kappa shape index (κ3) is 4.67. The van der Waals surface area contributed by atoms with Crippen molar-refractivity contribution in [1.29, 1.82) is 0 Å². The van der Waals surface area contributed by atoms with E-state index < -0.39 is 18.3 Å². The molecule has 1 fully saturated rings. The number of thiophene rings is 1. The number of nitrogens with zero attached hydrogens (tertiary/aromatic N) is 3. The Bertz CT molecular complexity index is 2490. The summed E-state index contributed by atoms with van der Waals surface area (Å²) in [5, 5.41) is 4.47. The van der Waals surface area contributed by atoms with Gasteiger partial charge in [-0.1, -0.05) is 72.8 Å². The van der Waals surface area contributed by atoms with Gasteiger partial charge in [-0.3, -0.25) is 0 Å². The molecule has 9 rings (SSSR count). The highest BCUT2D eigenvalue weighted by atomic mass is 32.1. The van der Waals surface area contributed by atoms with Gasteiger partial charge < -0.3 is 13.7 Å². The van der Waals surface area contributed by atoms with Crippen molar-refractivity contribution in [3.8, 4) is 34.2 Å². The van der Waals surface area contributed by atoms with Crippen LogP contribution in [0.4, 0.5) is 0 Å². The van der Waals surface area contributed by atoms with Gasteiger partial charge >= 0.3 is 7.12 Å². The molecular weight excluding hydrogens is 601 g/mol. The van der Waals surface area contributed by atoms with E-state index in [2.05, 4.69) is 76.2 Å². The van der Waals surface area contributed by atoms with Gasteiger partial charge in [-0.2, -0.15) is 0 Å². The molecule has 0 saturated carbocycles. The van der Waals surface area contributed by atoms with Crippen LogP contribution in [-0.4, -0.2) is 33.3 Å². The minimum Gasteiger partial charge on any atom is -0.456 e. The summed E-state index contributed by atoms with van der Waals surface area (Å²) >= 11 is 1.76. The predicted octanol–water partition coefficient (Wildman–Crippen LogP) is 9.44. The van der Waals surface area contributed by atoms with E-state index in [0.717, 1.165) is 48.8 Å². The molecule has 6 nitrogen and oxygen atoms in total. The van der Waals surface area contributed by atoms with Crippen LogP contribution in [0.25, 0.3) is 76.3 Å². The van der Waals surface area contributed by atoms with E-state index >= 15 is 0 Å². The fourth-order valence-electron chi connectivity index (χ4n) is 6.28. The van der Waals surface area contributed by atoms with E-state index in [4.69, 9.17) is 28.7 Å². The molecule has 8 heteroatoms. The van der Waals surface area contributed by atoms with E-state index in [9.17, 15) is 0 Å². The first-order chi connectivity index (χ1) is 22.7. The molecule has 1 saturated heterocycles. The molecular formula is C39H30BN3O3S. The van der Waals surface area contributed by atoms with Crippen LogP contribution in [-0.2, 0) is 9.31 Å². The van der Waals surface area contributed by atoms with Crippen molar-refractivity contribution in [2.24, 2.45) is 0 Å². The number of hydrogen-bond donors (Lipinski definition) is 0. The molecule has 0 unspecified atom stereocenters. The molecule has 1 aliphatic heterocycles. The molecule has 8 aromatic rings. The van der Waals surface area contributed by atoms with Crippen LogP contribution in [0.15, 0.2) is 114 Å². The van der Waals surface area contributed by atoms with E-state index in [1.165, 1.54) is 15.5 Å². The zero-order valence-electron chi connectivity index (χ0n) is 26.4. The maximum absolute atomic E-state index is 6.35. The topological polar surface area (TPSA) is 70.3 Å². The third-order valence-electron chi connectivity index (χ3n) is 9.58. The number of furan rings is 1. The normalized spacial score (nSPS) is 15.8. The largest absolute Gasteiger partial charge is 0.494 e. The standard InChI is InChI=1S/C39H30BN3O3S/c1-38(2)39(3,4)46-40(45-38)26-16-19-33-30(22-26)28-17-14-25(21-34(28)47-33)37-42-35(23-10-6-5-7-11-23)41-36(43-37)24-15-18-32-29(20-24)27-12-8-9-13-31(27)44-32/h5-22H,1-4H3. The number of hydrogen-bond acceptors (Lipinski definition) is 7. The van der Waals surface area contributed by atoms with Crippen LogP contribution in [0, 0.1) is 0 Å². The minimum absolute atomic E-state index is 0.391. The summed E-state index contributed by atoms with van der Waals surface area (Å²) in [5.41, 5.74) is 4.72. The second-order valence-corrected chi connectivity index (χ2v) is 14.2. The Kier molecular flexibility index (Phi) is 6.22. The van der Waals surface area contributed by atoms with Gasteiger partial charge in [0.15, 0.2) is 17.5 Å². The fraction of sp³-hybridized carbons (Fsp3) is 0.154. The zero-order valence-corrected chi connectivity index (χ0v) is 27.3. The van der Waals surface area contributed by atoms with Crippen molar-refractivity contribution in [3.63, 3.8) is 0 Å². The lowest BCUT2D eigenvalue weighted by molar-refractivity contribution is 0.00578. The lowest BCUT2D eigenvalue weighted by Gasteiger charge is -2.32. The van der Waals surface area contributed by atoms with Crippen LogP contribution in [0.2, 0.25) is 0 Å².